The van der Waals surface area contributed by atoms with Crippen LogP contribution in [0.2, 0.25) is 0 Å². The van der Waals surface area contributed by atoms with Gasteiger partial charge in [0.15, 0.2) is 0 Å². The molecule has 3 rings (SSSR count). The lowest BCUT2D eigenvalue weighted by molar-refractivity contribution is 0.280. The third-order valence-corrected chi connectivity index (χ3v) is 4.57. The van der Waals surface area contributed by atoms with Crippen molar-refractivity contribution in [3.63, 3.8) is 0 Å². The molecule has 1 aromatic heterocycles. The molecule has 2 atom stereocenters. The van der Waals surface area contributed by atoms with Gasteiger partial charge in [-0.3, -0.25) is 0 Å². The summed E-state index contributed by atoms with van der Waals surface area (Å²) in [5.41, 5.74) is 0. The molecule has 116 valence electrons. The van der Waals surface area contributed by atoms with Gasteiger partial charge in [-0.2, -0.15) is 0 Å². The van der Waals surface area contributed by atoms with Crippen molar-refractivity contribution in [1.29, 1.82) is 0 Å². The zero-order valence-electron chi connectivity index (χ0n) is 13.5. The second kappa shape index (κ2) is 6.20. The van der Waals surface area contributed by atoms with Crippen LogP contribution in [0.1, 0.15) is 64.6 Å². The average molecular weight is 288 g/mol. The Balaban J connectivity index is 1.74. The quantitative estimate of drug-likeness (QED) is 0.859. The molecule has 2 aliphatic carbocycles. The summed E-state index contributed by atoms with van der Waals surface area (Å²) in [6, 6.07) is 2.62. The van der Waals surface area contributed by atoms with Crippen LogP contribution in [-0.2, 0) is 0 Å². The minimum absolute atomic E-state index is 0.556. The van der Waals surface area contributed by atoms with Gasteiger partial charge in [0.2, 0.25) is 0 Å². The topological polar surface area (TPSA) is 49.8 Å². The third kappa shape index (κ3) is 3.86. The largest absolute Gasteiger partial charge is 0.370 e. The van der Waals surface area contributed by atoms with Crippen LogP contribution in [0.15, 0.2) is 6.07 Å². The predicted molar refractivity (Wildman–Crippen MR) is 87.8 cm³/mol. The van der Waals surface area contributed by atoms with Crippen molar-refractivity contribution in [3.05, 3.63) is 11.9 Å². The fourth-order valence-electron chi connectivity index (χ4n) is 3.61. The van der Waals surface area contributed by atoms with Gasteiger partial charge in [-0.15, -0.1) is 0 Å². The monoisotopic (exact) mass is 288 g/mol. The molecule has 0 spiro atoms. The summed E-state index contributed by atoms with van der Waals surface area (Å²) in [4.78, 5) is 9.41. The highest BCUT2D eigenvalue weighted by Crippen LogP contribution is 2.39. The van der Waals surface area contributed by atoms with Crippen LogP contribution >= 0.6 is 0 Å². The molecule has 0 aromatic carbocycles. The Morgan fingerprint density at radius 3 is 2.33 bits per heavy atom. The molecule has 2 N–H and O–H groups in total. The molecule has 0 bridgehead atoms. The van der Waals surface area contributed by atoms with Gasteiger partial charge in [-0.1, -0.05) is 13.8 Å². The smallest absolute Gasteiger partial charge is 0.136 e. The Morgan fingerprint density at radius 1 is 1.05 bits per heavy atom. The number of hydrogen-bond donors (Lipinski definition) is 2. The number of nitrogens with zero attached hydrogens (tertiary/aromatic N) is 2. The minimum Gasteiger partial charge on any atom is -0.370 e. The molecule has 1 aromatic rings. The van der Waals surface area contributed by atoms with E-state index in [2.05, 4.69) is 42.5 Å². The molecule has 4 nitrogen and oxygen atoms in total. The van der Waals surface area contributed by atoms with E-state index in [0.717, 1.165) is 35.8 Å². The number of nitrogens with one attached hydrogen (secondary N) is 2. The minimum atomic E-state index is 0.556. The van der Waals surface area contributed by atoms with Crippen LogP contribution in [0, 0.1) is 11.8 Å². The molecule has 21 heavy (non-hydrogen) atoms. The van der Waals surface area contributed by atoms with Crippen molar-refractivity contribution < 1.29 is 0 Å². The molecular weight excluding hydrogens is 260 g/mol. The van der Waals surface area contributed by atoms with Crippen LogP contribution in [0.4, 0.5) is 11.6 Å². The summed E-state index contributed by atoms with van der Waals surface area (Å²) in [7, 11) is 0. The van der Waals surface area contributed by atoms with Gasteiger partial charge in [0.25, 0.3) is 0 Å². The molecule has 0 amide bonds. The molecule has 2 saturated carbocycles. The highest BCUT2D eigenvalue weighted by Gasteiger charge is 2.28. The van der Waals surface area contributed by atoms with Crippen molar-refractivity contribution in [1.82, 2.24) is 9.97 Å². The van der Waals surface area contributed by atoms with Gasteiger partial charge in [0, 0.05) is 24.6 Å². The molecule has 0 aliphatic heterocycles. The first-order valence-electron chi connectivity index (χ1n) is 8.53. The zero-order chi connectivity index (χ0) is 14.8. The van der Waals surface area contributed by atoms with Crippen LogP contribution in [0.25, 0.3) is 0 Å². The first kappa shape index (κ1) is 14.6. The van der Waals surface area contributed by atoms with E-state index < -0.39 is 0 Å². The second-order valence-electron chi connectivity index (χ2n) is 7.06. The first-order valence-corrected chi connectivity index (χ1v) is 8.53. The van der Waals surface area contributed by atoms with E-state index in [9.17, 15) is 0 Å². The van der Waals surface area contributed by atoms with Crippen LogP contribution in [0.3, 0.4) is 0 Å². The predicted octanol–water partition coefficient (Wildman–Crippen LogP) is 4.02. The second-order valence-corrected chi connectivity index (χ2v) is 7.06. The maximum absolute atomic E-state index is 4.76. The Hall–Kier alpha value is -1.32. The summed E-state index contributed by atoms with van der Waals surface area (Å²) in [5.74, 6) is 5.21. The zero-order valence-corrected chi connectivity index (χ0v) is 13.5. The Kier molecular flexibility index (Phi) is 4.32. The van der Waals surface area contributed by atoms with Gasteiger partial charge in [-0.25, -0.2) is 9.97 Å². The number of anilines is 2. The Labute approximate surface area is 128 Å². The maximum Gasteiger partial charge on any atom is 0.136 e. The summed E-state index contributed by atoms with van der Waals surface area (Å²) in [5, 5.41) is 7.01. The molecule has 4 heteroatoms. The molecule has 2 fully saturated rings. The normalized spacial score (nSPS) is 29.2. The van der Waals surface area contributed by atoms with Crippen LogP contribution < -0.4 is 10.6 Å². The van der Waals surface area contributed by atoms with E-state index in [1.165, 1.54) is 32.1 Å². The Bertz CT molecular complexity index is 474. The SMILES string of the molecule is CCNc1cc(NC2CC(C)CC(C)C2)nc(C2CC2)n1. The summed E-state index contributed by atoms with van der Waals surface area (Å²) >= 11 is 0. The van der Waals surface area contributed by atoms with Crippen molar-refractivity contribution in [2.75, 3.05) is 17.2 Å². The van der Waals surface area contributed by atoms with E-state index >= 15 is 0 Å². The van der Waals surface area contributed by atoms with E-state index in [-0.39, 0.29) is 0 Å². The van der Waals surface area contributed by atoms with E-state index in [0.29, 0.717) is 12.0 Å². The molecule has 0 radical (unpaired) electrons. The highest BCUT2D eigenvalue weighted by molar-refractivity contribution is 5.48. The lowest BCUT2D eigenvalue weighted by Gasteiger charge is -2.32. The van der Waals surface area contributed by atoms with Crippen LogP contribution in [0.5, 0.6) is 0 Å². The lowest BCUT2D eigenvalue weighted by atomic mass is 9.80. The van der Waals surface area contributed by atoms with Crippen molar-refractivity contribution >= 4 is 11.6 Å². The van der Waals surface area contributed by atoms with Gasteiger partial charge in [0.05, 0.1) is 0 Å². The first-order chi connectivity index (χ1) is 10.1. The fraction of sp³-hybridized carbons (Fsp3) is 0.765. The summed E-state index contributed by atoms with van der Waals surface area (Å²) in [6.45, 7) is 7.74. The van der Waals surface area contributed by atoms with Gasteiger partial charge < -0.3 is 10.6 Å². The maximum atomic E-state index is 4.76. The van der Waals surface area contributed by atoms with Crippen molar-refractivity contribution in [3.8, 4) is 0 Å². The third-order valence-electron chi connectivity index (χ3n) is 4.57. The highest BCUT2D eigenvalue weighted by atomic mass is 15.1. The number of aromatic nitrogens is 2. The molecule has 1 heterocycles. The van der Waals surface area contributed by atoms with Crippen LogP contribution in [-0.4, -0.2) is 22.6 Å². The van der Waals surface area contributed by atoms with Gasteiger partial charge >= 0.3 is 0 Å². The summed E-state index contributed by atoms with van der Waals surface area (Å²) < 4.78 is 0. The standard InChI is InChI=1S/C17H28N4/c1-4-18-15-10-16(21-17(20-15)13-5-6-13)19-14-8-11(2)7-12(3)9-14/h10-14H,4-9H2,1-3H3,(H2,18,19,20,21). The van der Waals surface area contributed by atoms with Gasteiger partial charge in [0.1, 0.15) is 17.5 Å². The fourth-order valence-corrected chi connectivity index (χ4v) is 3.61. The summed E-state index contributed by atoms with van der Waals surface area (Å²) in [6.07, 6.45) is 6.35. The van der Waals surface area contributed by atoms with E-state index in [1.54, 1.807) is 0 Å². The van der Waals surface area contributed by atoms with E-state index in [4.69, 9.17) is 4.98 Å². The molecule has 2 unspecified atom stereocenters. The van der Waals surface area contributed by atoms with Crippen molar-refractivity contribution in [2.45, 2.75) is 64.8 Å². The Morgan fingerprint density at radius 2 is 1.71 bits per heavy atom. The van der Waals surface area contributed by atoms with Crippen molar-refractivity contribution in [2.24, 2.45) is 11.8 Å². The van der Waals surface area contributed by atoms with E-state index in [1.807, 2.05) is 0 Å². The molecular formula is C17H28N4. The number of hydrogen-bond acceptors (Lipinski definition) is 4. The number of rotatable bonds is 5. The molecule has 2 aliphatic rings. The molecule has 0 saturated heterocycles. The average Bonchev–Trinajstić information content (AvgIpc) is 3.21. The van der Waals surface area contributed by atoms with Gasteiger partial charge in [-0.05, 0) is 50.9 Å². The lowest BCUT2D eigenvalue weighted by Crippen LogP contribution is -2.30.